The summed E-state index contributed by atoms with van der Waals surface area (Å²) in [5.41, 5.74) is 1.20. The Kier molecular flexibility index (Phi) is 2.85. The van der Waals surface area contributed by atoms with Crippen molar-refractivity contribution in [2.24, 2.45) is 0 Å². The van der Waals surface area contributed by atoms with Crippen molar-refractivity contribution in [3.05, 3.63) is 42.1 Å². The fourth-order valence-corrected chi connectivity index (χ4v) is 1.17. The number of aromatic nitrogens is 2. The molecule has 0 spiro atoms. The largest absolute Gasteiger partial charge is 0.435 e. The second-order valence-corrected chi connectivity index (χ2v) is 3.24. The monoisotopic (exact) mass is 214 g/mol. The molecule has 0 aromatic carbocycles. The Bertz CT molecular complexity index is 519. The number of halogens is 1. The molecule has 16 heavy (non-hydrogen) atoms. The third-order valence-corrected chi connectivity index (χ3v) is 2.14. The summed E-state index contributed by atoms with van der Waals surface area (Å²) in [6.07, 6.45) is 4.43. The molecule has 0 bridgehead atoms. The van der Waals surface area contributed by atoms with Gasteiger partial charge in [-0.15, -0.1) is 0 Å². The molecule has 0 saturated carbocycles. The van der Waals surface area contributed by atoms with Crippen LogP contribution in [0.5, 0.6) is 11.6 Å². The minimum Gasteiger partial charge on any atom is -0.435 e. The summed E-state index contributed by atoms with van der Waals surface area (Å²) in [7, 11) is 5.66. The minimum atomic E-state index is -0.524. The number of ether oxygens (including phenoxy) is 1. The van der Waals surface area contributed by atoms with Crippen LogP contribution in [0.2, 0.25) is 0 Å². The molecule has 0 aliphatic rings. The van der Waals surface area contributed by atoms with Crippen molar-refractivity contribution in [2.45, 2.75) is 6.92 Å². The second-order valence-electron chi connectivity index (χ2n) is 3.24. The lowest BCUT2D eigenvalue weighted by molar-refractivity contribution is 0.419. The first kappa shape index (κ1) is 10.6. The Morgan fingerprint density at radius 3 is 2.94 bits per heavy atom. The van der Waals surface area contributed by atoms with Gasteiger partial charge in [-0.1, -0.05) is 5.46 Å². The third kappa shape index (κ3) is 2.03. The molecule has 2 aromatic rings. The van der Waals surface area contributed by atoms with E-state index in [9.17, 15) is 4.39 Å². The molecule has 2 rings (SSSR count). The molecule has 0 amide bonds. The molecule has 5 heteroatoms. The fraction of sp³-hybridized carbons (Fsp3) is 0.0909. The van der Waals surface area contributed by atoms with Crippen LogP contribution in [0.15, 0.2) is 30.7 Å². The molecule has 0 aliphatic carbocycles. The van der Waals surface area contributed by atoms with Gasteiger partial charge < -0.3 is 4.74 Å². The van der Waals surface area contributed by atoms with E-state index in [-0.39, 0.29) is 5.88 Å². The average molecular weight is 214 g/mol. The maximum atomic E-state index is 13.3. The topological polar surface area (TPSA) is 35.0 Å². The van der Waals surface area contributed by atoms with Crippen LogP contribution in [0.4, 0.5) is 4.39 Å². The van der Waals surface area contributed by atoms with E-state index < -0.39 is 5.82 Å². The van der Waals surface area contributed by atoms with E-state index in [1.165, 1.54) is 30.7 Å². The zero-order chi connectivity index (χ0) is 11.5. The summed E-state index contributed by atoms with van der Waals surface area (Å²) in [6, 6.07) is 2.77. The molecule has 0 unspecified atom stereocenters. The van der Waals surface area contributed by atoms with Crippen LogP contribution in [0, 0.1) is 12.7 Å². The van der Waals surface area contributed by atoms with E-state index in [1.807, 2.05) is 0 Å². The molecule has 78 valence electrons. The molecule has 0 fully saturated rings. The van der Waals surface area contributed by atoms with Crippen LogP contribution in [0.1, 0.15) is 5.56 Å². The summed E-state index contributed by atoms with van der Waals surface area (Å²) < 4.78 is 18.6. The summed E-state index contributed by atoms with van der Waals surface area (Å²) in [5, 5.41) is 0. The highest BCUT2D eigenvalue weighted by Gasteiger charge is 2.08. The highest BCUT2D eigenvalue weighted by atomic mass is 19.1. The fourth-order valence-electron chi connectivity index (χ4n) is 1.17. The molecule has 0 N–H and O–H groups in total. The van der Waals surface area contributed by atoms with Gasteiger partial charge in [0.25, 0.3) is 5.88 Å². The quantitative estimate of drug-likeness (QED) is 0.710. The van der Waals surface area contributed by atoms with Crippen LogP contribution in [-0.4, -0.2) is 17.8 Å². The first-order chi connectivity index (χ1) is 7.68. The first-order valence-electron chi connectivity index (χ1n) is 4.67. The maximum absolute atomic E-state index is 13.3. The van der Waals surface area contributed by atoms with E-state index >= 15 is 0 Å². The van der Waals surface area contributed by atoms with Gasteiger partial charge in [-0.3, -0.25) is 4.98 Å². The Hall–Kier alpha value is -1.91. The molecule has 2 heterocycles. The lowest BCUT2D eigenvalue weighted by Crippen LogP contribution is -2.09. The van der Waals surface area contributed by atoms with Crippen LogP contribution in [-0.2, 0) is 0 Å². The number of nitrogens with zero attached hydrogens (tertiary/aromatic N) is 2. The zero-order valence-electron chi connectivity index (χ0n) is 8.64. The van der Waals surface area contributed by atoms with Gasteiger partial charge >= 0.3 is 0 Å². The minimum absolute atomic E-state index is 0.0852. The number of hydrogen-bond acceptors (Lipinski definition) is 3. The Labute approximate surface area is 93.7 Å². The van der Waals surface area contributed by atoms with Gasteiger partial charge in [0.15, 0.2) is 5.82 Å². The average Bonchev–Trinajstić information content (AvgIpc) is 2.28. The van der Waals surface area contributed by atoms with Gasteiger partial charge in [-0.05, 0) is 24.6 Å². The smallest absolute Gasteiger partial charge is 0.255 e. The lowest BCUT2D eigenvalue weighted by Gasteiger charge is -2.09. The molecule has 3 nitrogen and oxygen atoms in total. The molecule has 2 radical (unpaired) electrons. The highest BCUT2D eigenvalue weighted by molar-refractivity contribution is 6.33. The molecular weight excluding hydrogens is 206 g/mol. The molecule has 0 atom stereocenters. The SMILES string of the molecule is [B]c1cncc(Oc2ncccc2F)c1C. The van der Waals surface area contributed by atoms with Gasteiger partial charge in [0.2, 0.25) is 0 Å². The van der Waals surface area contributed by atoms with Gasteiger partial charge in [0.05, 0.1) is 6.20 Å². The summed E-state index contributed by atoms with van der Waals surface area (Å²) in [4.78, 5) is 7.65. The lowest BCUT2D eigenvalue weighted by atomic mass is 9.93. The zero-order valence-corrected chi connectivity index (χ0v) is 8.64. The Morgan fingerprint density at radius 1 is 1.38 bits per heavy atom. The summed E-state index contributed by atoms with van der Waals surface area (Å²) in [6.45, 7) is 1.77. The van der Waals surface area contributed by atoms with Gasteiger partial charge in [-0.25, -0.2) is 9.37 Å². The van der Waals surface area contributed by atoms with Crippen LogP contribution in [0.25, 0.3) is 0 Å². The van der Waals surface area contributed by atoms with Crippen molar-refractivity contribution < 1.29 is 9.13 Å². The van der Waals surface area contributed by atoms with Crippen molar-refractivity contribution in [3.63, 3.8) is 0 Å². The predicted molar refractivity (Wildman–Crippen MR) is 58.6 cm³/mol. The molecule has 0 aliphatic heterocycles. The van der Waals surface area contributed by atoms with Crippen molar-refractivity contribution in [3.8, 4) is 11.6 Å². The summed E-state index contributed by atoms with van der Waals surface area (Å²) >= 11 is 0. The predicted octanol–water partition coefficient (Wildman–Crippen LogP) is 1.51. The standard InChI is InChI=1S/C11H8BFN2O/c1-7-8(12)5-14-6-10(7)16-11-9(13)3-2-4-15-11/h2-6H,1H3. The summed E-state index contributed by atoms with van der Waals surface area (Å²) in [5.74, 6) is -0.208. The van der Waals surface area contributed by atoms with E-state index in [2.05, 4.69) is 9.97 Å². The number of rotatable bonds is 2. The number of hydrogen-bond donors (Lipinski definition) is 0. The van der Waals surface area contributed by atoms with Crippen molar-refractivity contribution >= 4 is 13.3 Å². The first-order valence-corrected chi connectivity index (χ1v) is 4.67. The van der Waals surface area contributed by atoms with Crippen molar-refractivity contribution in [1.82, 2.24) is 9.97 Å². The van der Waals surface area contributed by atoms with Crippen LogP contribution >= 0.6 is 0 Å². The van der Waals surface area contributed by atoms with Gasteiger partial charge in [0, 0.05) is 12.4 Å². The number of pyridine rings is 2. The maximum Gasteiger partial charge on any atom is 0.255 e. The second kappa shape index (κ2) is 4.30. The van der Waals surface area contributed by atoms with E-state index in [1.54, 1.807) is 6.92 Å². The Balaban J connectivity index is 2.35. The van der Waals surface area contributed by atoms with Crippen molar-refractivity contribution in [1.29, 1.82) is 0 Å². The van der Waals surface area contributed by atoms with Gasteiger partial charge in [-0.2, -0.15) is 0 Å². The van der Waals surface area contributed by atoms with Gasteiger partial charge in [0.1, 0.15) is 13.6 Å². The normalized spacial score (nSPS) is 10.1. The molecule has 2 aromatic heterocycles. The van der Waals surface area contributed by atoms with E-state index in [0.29, 0.717) is 16.8 Å². The molecule has 0 saturated heterocycles. The Morgan fingerprint density at radius 2 is 2.19 bits per heavy atom. The van der Waals surface area contributed by atoms with Crippen LogP contribution in [0.3, 0.4) is 0 Å². The van der Waals surface area contributed by atoms with Crippen LogP contribution < -0.4 is 10.2 Å². The highest BCUT2D eigenvalue weighted by Crippen LogP contribution is 2.22. The third-order valence-electron chi connectivity index (χ3n) is 2.14. The van der Waals surface area contributed by atoms with Crippen molar-refractivity contribution in [2.75, 3.05) is 0 Å². The molecular formula is C11H8BFN2O. The van der Waals surface area contributed by atoms with E-state index in [4.69, 9.17) is 12.6 Å². The van der Waals surface area contributed by atoms with E-state index in [0.717, 1.165) is 0 Å².